The summed E-state index contributed by atoms with van der Waals surface area (Å²) in [4.78, 5) is 26.2. The average molecular weight is 344 g/mol. The van der Waals surface area contributed by atoms with Gasteiger partial charge in [-0.05, 0) is 30.7 Å². The van der Waals surface area contributed by atoms with Crippen LogP contribution in [0.5, 0.6) is 11.5 Å². The molecule has 0 atom stereocenters. The summed E-state index contributed by atoms with van der Waals surface area (Å²) in [6.07, 6.45) is 4.18. The summed E-state index contributed by atoms with van der Waals surface area (Å²) >= 11 is 0. The number of hydrogen-bond donors (Lipinski definition) is 1. The molecule has 8 heteroatoms. The lowest BCUT2D eigenvalue weighted by molar-refractivity contribution is -0.385. The highest BCUT2D eigenvalue weighted by molar-refractivity contribution is 5.94. The molecule has 1 aromatic heterocycles. The largest absolute Gasteiger partial charge is 0.504 e. The maximum Gasteiger partial charge on any atom is 0.340 e. The van der Waals surface area contributed by atoms with E-state index in [2.05, 4.69) is 4.98 Å². The summed E-state index contributed by atoms with van der Waals surface area (Å²) in [6, 6.07) is 5.88. The Bertz CT molecular complexity index is 832. The molecule has 1 N–H and O–H groups in total. The second-order valence-electron chi connectivity index (χ2n) is 4.87. The van der Waals surface area contributed by atoms with Crippen LogP contribution in [0.4, 0.5) is 5.69 Å². The Hall–Kier alpha value is -3.42. The van der Waals surface area contributed by atoms with Crippen molar-refractivity contribution in [2.24, 2.45) is 0 Å². The van der Waals surface area contributed by atoms with Crippen molar-refractivity contribution in [2.45, 2.75) is 6.92 Å². The number of methoxy groups -OCH3 is 1. The second kappa shape index (κ2) is 7.91. The van der Waals surface area contributed by atoms with E-state index in [1.807, 2.05) is 0 Å². The number of ether oxygens (including phenoxy) is 2. The van der Waals surface area contributed by atoms with Crippen LogP contribution in [-0.4, -0.2) is 34.7 Å². The van der Waals surface area contributed by atoms with E-state index in [4.69, 9.17) is 9.47 Å². The van der Waals surface area contributed by atoms with Crippen LogP contribution in [0.2, 0.25) is 0 Å². The second-order valence-corrected chi connectivity index (χ2v) is 4.87. The van der Waals surface area contributed by atoms with E-state index in [0.717, 1.165) is 12.3 Å². The van der Waals surface area contributed by atoms with Crippen LogP contribution in [0.15, 0.2) is 30.5 Å². The first-order valence-corrected chi connectivity index (χ1v) is 7.33. The Morgan fingerprint density at radius 1 is 1.36 bits per heavy atom. The topological polar surface area (TPSA) is 112 Å². The number of nitrogens with zero attached hydrogens (tertiary/aromatic N) is 2. The molecule has 2 rings (SSSR count). The van der Waals surface area contributed by atoms with E-state index in [-0.39, 0.29) is 29.3 Å². The van der Waals surface area contributed by atoms with Crippen molar-refractivity contribution in [1.29, 1.82) is 0 Å². The maximum absolute atomic E-state index is 12.0. The number of esters is 1. The Labute approximate surface area is 143 Å². The number of rotatable bonds is 6. The van der Waals surface area contributed by atoms with Gasteiger partial charge in [-0.1, -0.05) is 12.1 Å². The van der Waals surface area contributed by atoms with Crippen LogP contribution in [-0.2, 0) is 4.74 Å². The number of aromatic hydroxyl groups is 1. The minimum Gasteiger partial charge on any atom is -0.504 e. The van der Waals surface area contributed by atoms with E-state index < -0.39 is 10.9 Å². The molecular formula is C17H16N2O6. The van der Waals surface area contributed by atoms with Gasteiger partial charge in [0.05, 0.1) is 29.9 Å². The first kappa shape index (κ1) is 17.9. The van der Waals surface area contributed by atoms with Crippen LogP contribution in [0, 0.1) is 10.1 Å². The Balaban J connectivity index is 2.38. The van der Waals surface area contributed by atoms with Crippen molar-refractivity contribution in [3.8, 4) is 11.5 Å². The Kier molecular flexibility index (Phi) is 5.67. The van der Waals surface area contributed by atoms with Gasteiger partial charge in [0.2, 0.25) is 0 Å². The minimum absolute atomic E-state index is 0.00923. The molecule has 0 aliphatic heterocycles. The fraction of sp³-hybridized carbons (Fsp3) is 0.176. The van der Waals surface area contributed by atoms with Gasteiger partial charge in [0.25, 0.3) is 5.69 Å². The van der Waals surface area contributed by atoms with Crippen LogP contribution >= 0.6 is 0 Å². The number of phenolic OH excluding ortho intramolecular Hbond substituents is 1. The summed E-state index contributed by atoms with van der Waals surface area (Å²) in [5.74, 6) is -0.402. The van der Waals surface area contributed by atoms with Crippen LogP contribution in [0.1, 0.15) is 28.5 Å². The molecule has 0 saturated carbocycles. The molecule has 130 valence electrons. The normalized spacial score (nSPS) is 10.6. The maximum atomic E-state index is 12.0. The third kappa shape index (κ3) is 4.31. The summed E-state index contributed by atoms with van der Waals surface area (Å²) in [7, 11) is 1.44. The third-order valence-electron chi connectivity index (χ3n) is 3.25. The van der Waals surface area contributed by atoms with Crippen LogP contribution in [0.3, 0.4) is 0 Å². The first-order valence-electron chi connectivity index (χ1n) is 7.33. The predicted octanol–water partition coefficient (Wildman–Crippen LogP) is 3.05. The molecule has 0 aliphatic rings. The van der Waals surface area contributed by atoms with Crippen molar-refractivity contribution in [3.63, 3.8) is 0 Å². The van der Waals surface area contributed by atoms with Gasteiger partial charge in [-0.15, -0.1) is 0 Å². The van der Waals surface area contributed by atoms with Crippen molar-refractivity contribution in [1.82, 2.24) is 4.98 Å². The fourth-order valence-corrected chi connectivity index (χ4v) is 2.06. The van der Waals surface area contributed by atoms with Gasteiger partial charge in [-0.3, -0.25) is 10.1 Å². The highest BCUT2D eigenvalue weighted by Gasteiger charge is 2.17. The van der Waals surface area contributed by atoms with Gasteiger partial charge in [-0.25, -0.2) is 9.78 Å². The summed E-state index contributed by atoms with van der Waals surface area (Å²) in [5, 5.41) is 20.7. The highest BCUT2D eigenvalue weighted by Crippen LogP contribution is 2.27. The number of benzene rings is 1. The van der Waals surface area contributed by atoms with Gasteiger partial charge in [0, 0.05) is 6.07 Å². The molecule has 0 unspecified atom stereocenters. The third-order valence-corrected chi connectivity index (χ3v) is 3.25. The van der Waals surface area contributed by atoms with Gasteiger partial charge < -0.3 is 14.6 Å². The van der Waals surface area contributed by atoms with Crippen molar-refractivity contribution < 1.29 is 24.3 Å². The van der Waals surface area contributed by atoms with Gasteiger partial charge >= 0.3 is 5.97 Å². The molecule has 0 fully saturated rings. The van der Waals surface area contributed by atoms with Gasteiger partial charge in [0.15, 0.2) is 11.5 Å². The van der Waals surface area contributed by atoms with Gasteiger partial charge in [0.1, 0.15) is 6.20 Å². The summed E-state index contributed by atoms with van der Waals surface area (Å²) in [6.45, 7) is 1.77. The molecule has 0 saturated heterocycles. The molecular weight excluding hydrogens is 328 g/mol. The predicted molar refractivity (Wildman–Crippen MR) is 90.4 cm³/mol. The fourth-order valence-electron chi connectivity index (χ4n) is 2.06. The van der Waals surface area contributed by atoms with E-state index in [0.29, 0.717) is 11.3 Å². The highest BCUT2D eigenvalue weighted by atomic mass is 16.6. The molecule has 0 amide bonds. The smallest absolute Gasteiger partial charge is 0.340 e. The lowest BCUT2D eigenvalue weighted by atomic mass is 10.1. The van der Waals surface area contributed by atoms with Crippen molar-refractivity contribution in [3.05, 3.63) is 57.4 Å². The number of aromatic nitrogens is 1. The Morgan fingerprint density at radius 2 is 2.12 bits per heavy atom. The quantitative estimate of drug-likeness (QED) is 0.487. The molecule has 0 aliphatic carbocycles. The number of pyridine rings is 1. The van der Waals surface area contributed by atoms with Crippen molar-refractivity contribution in [2.75, 3.05) is 13.7 Å². The zero-order valence-electron chi connectivity index (χ0n) is 13.6. The minimum atomic E-state index is -0.698. The zero-order chi connectivity index (χ0) is 18.4. The molecule has 0 radical (unpaired) electrons. The monoisotopic (exact) mass is 344 g/mol. The molecule has 2 aromatic rings. The summed E-state index contributed by atoms with van der Waals surface area (Å²) in [5.41, 5.74) is 0.542. The van der Waals surface area contributed by atoms with Gasteiger partial charge in [-0.2, -0.15) is 0 Å². The van der Waals surface area contributed by atoms with E-state index in [1.165, 1.54) is 19.3 Å². The van der Waals surface area contributed by atoms with Crippen LogP contribution in [0.25, 0.3) is 12.2 Å². The first-order chi connectivity index (χ1) is 12.0. The average Bonchev–Trinajstić information content (AvgIpc) is 2.60. The number of phenols is 1. The molecule has 0 spiro atoms. The SMILES string of the molecule is CCOC(=O)c1cc([N+](=O)[O-])cnc1/C=C/c1ccc(OC)c(O)c1. The van der Waals surface area contributed by atoms with Crippen molar-refractivity contribution >= 4 is 23.8 Å². The summed E-state index contributed by atoms with van der Waals surface area (Å²) < 4.78 is 9.88. The zero-order valence-corrected chi connectivity index (χ0v) is 13.6. The van der Waals surface area contributed by atoms with E-state index in [1.54, 1.807) is 25.1 Å². The number of hydrogen-bond acceptors (Lipinski definition) is 7. The molecule has 1 aromatic carbocycles. The lowest BCUT2D eigenvalue weighted by Gasteiger charge is -2.05. The molecule has 0 bridgehead atoms. The standard InChI is InChI=1S/C17H16N2O6/c1-3-25-17(21)13-9-12(19(22)23)10-18-14(13)6-4-11-5-7-16(24-2)15(20)8-11/h4-10,20H,3H2,1-2H3/b6-4+. The Morgan fingerprint density at radius 3 is 2.72 bits per heavy atom. The number of nitro groups is 1. The molecule has 25 heavy (non-hydrogen) atoms. The lowest BCUT2D eigenvalue weighted by Crippen LogP contribution is -2.08. The van der Waals surface area contributed by atoms with Crippen LogP contribution < -0.4 is 4.74 Å². The molecule has 1 heterocycles. The van der Waals surface area contributed by atoms with E-state index >= 15 is 0 Å². The number of carbonyl (C=O) groups excluding carboxylic acids is 1. The van der Waals surface area contributed by atoms with E-state index in [9.17, 15) is 20.0 Å². The number of carbonyl (C=O) groups is 1. The molecule has 8 nitrogen and oxygen atoms in total.